The van der Waals surface area contributed by atoms with Gasteiger partial charge in [-0.1, -0.05) is 25.1 Å². The van der Waals surface area contributed by atoms with Gasteiger partial charge >= 0.3 is 0 Å². The van der Waals surface area contributed by atoms with Crippen molar-refractivity contribution in [1.29, 1.82) is 0 Å². The Morgan fingerprint density at radius 1 is 1.43 bits per heavy atom. The molecule has 0 aromatic heterocycles. The highest BCUT2D eigenvalue weighted by Crippen LogP contribution is 2.16. The fourth-order valence-electron chi connectivity index (χ4n) is 1.19. The number of nitrogens with zero attached hydrogens (tertiary/aromatic N) is 1. The molecule has 0 heterocycles. The summed E-state index contributed by atoms with van der Waals surface area (Å²) in [6.45, 7) is 4.97. The summed E-state index contributed by atoms with van der Waals surface area (Å²) in [5.41, 5.74) is 0.884. The van der Waals surface area contributed by atoms with E-state index in [9.17, 15) is 10.1 Å². The number of benzene rings is 1. The van der Waals surface area contributed by atoms with Crippen LogP contribution in [0.3, 0.4) is 0 Å². The van der Waals surface area contributed by atoms with Crippen LogP contribution in [0.5, 0.6) is 0 Å². The lowest BCUT2D eigenvalue weighted by Gasteiger charge is -2.03. The molecule has 1 rings (SSSR count). The van der Waals surface area contributed by atoms with E-state index in [1.54, 1.807) is 18.2 Å². The Hall–Kier alpha value is -1.42. The molecule has 1 aromatic carbocycles. The molecule has 0 saturated carbocycles. The van der Waals surface area contributed by atoms with Crippen LogP contribution in [0.4, 0.5) is 5.69 Å². The Morgan fingerprint density at radius 3 is 2.79 bits per heavy atom. The molecule has 0 fully saturated rings. The quantitative estimate of drug-likeness (QED) is 0.441. The van der Waals surface area contributed by atoms with Crippen LogP contribution in [0, 0.1) is 17.0 Å². The largest absolute Gasteiger partial charge is 0.312 e. The molecule has 1 N–H and O–H groups in total. The molecule has 4 heteroatoms. The maximum absolute atomic E-state index is 10.6. The van der Waals surface area contributed by atoms with Crippen LogP contribution in [0.25, 0.3) is 0 Å². The van der Waals surface area contributed by atoms with Crippen molar-refractivity contribution in [2.24, 2.45) is 0 Å². The predicted octanol–water partition coefficient (Wildman–Crippen LogP) is 1.91. The maximum atomic E-state index is 10.6. The van der Waals surface area contributed by atoms with Gasteiger partial charge in [-0.05, 0) is 13.0 Å². The van der Waals surface area contributed by atoms with Gasteiger partial charge in [0.15, 0.2) is 0 Å². The third-order valence-corrected chi connectivity index (χ3v) is 1.86. The van der Waals surface area contributed by atoms with Crippen molar-refractivity contribution in [3.63, 3.8) is 0 Å². The summed E-state index contributed by atoms with van der Waals surface area (Å²) in [5.74, 6) is 0. The van der Waals surface area contributed by atoms with Gasteiger partial charge in [-0.3, -0.25) is 10.1 Å². The van der Waals surface area contributed by atoms with Crippen molar-refractivity contribution >= 4 is 5.69 Å². The summed E-state index contributed by atoms with van der Waals surface area (Å²) in [6, 6.07) is 6.74. The Balaban J connectivity index is 2.69. The highest BCUT2D eigenvalue weighted by atomic mass is 16.6. The first kappa shape index (κ1) is 10.7. The Morgan fingerprint density at radius 2 is 2.14 bits per heavy atom. The summed E-state index contributed by atoms with van der Waals surface area (Å²) >= 11 is 0. The Kier molecular flexibility index (Phi) is 4.07. The average molecular weight is 193 g/mol. The van der Waals surface area contributed by atoms with Crippen molar-refractivity contribution < 1.29 is 4.92 Å². The fourth-order valence-corrected chi connectivity index (χ4v) is 1.19. The zero-order chi connectivity index (χ0) is 10.4. The second kappa shape index (κ2) is 5.34. The standard InChI is InChI=1S/C10H13N2O2/c1-2-7-11-8-9-5-3-4-6-10(9)12(13)14/h3-6,11H,1-2,7-8H2. The summed E-state index contributed by atoms with van der Waals surface area (Å²) in [6.07, 6.45) is 0.778. The van der Waals surface area contributed by atoms with Gasteiger partial charge < -0.3 is 5.32 Å². The fraction of sp³-hybridized carbons (Fsp3) is 0.300. The molecule has 75 valence electrons. The van der Waals surface area contributed by atoms with Crippen LogP contribution < -0.4 is 5.32 Å². The molecule has 4 nitrogen and oxygen atoms in total. The molecule has 1 aromatic rings. The number of nitro benzene ring substituents is 1. The molecule has 0 aliphatic carbocycles. The zero-order valence-electron chi connectivity index (χ0n) is 7.90. The third kappa shape index (κ3) is 2.81. The minimum absolute atomic E-state index is 0.170. The lowest BCUT2D eigenvalue weighted by molar-refractivity contribution is -0.385. The van der Waals surface area contributed by atoms with Gasteiger partial charge in [-0.15, -0.1) is 0 Å². The zero-order valence-corrected chi connectivity index (χ0v) is 7.90. The SMILES string of the molecule is [CH2]CCNCc1ccccc1[N+](=O)[O-]. The second-order valence-corrected chi connectivity index (χ2v) is 2.92. The van der Waals surface area contributed by atoms with E-state index >= 15 is 0 Å². The van der Waals surface area contributed by atoms with Gasteiger partial charge in [-0.25, -0.2) is 0 Å². The second-order valence-electron chi connectivity index (χ2n) is 2.92. The smallest absolute Gasteiger partial charge is 0.273 e. The van der Waals surface area contributed by atoms with Gasteiger partial charge in [-0.2, -0.15) is 0 Å². The van der Waals surface area contributed by atoms with E-state index in [0.717, 1.165) is 13.0 Å². The number of nitro groups is 1. The third-order valence-electron chi connectivity index (χ3n) is 1.86. The summed E-state index contributed by atoms with van der Waals surface area (Å²) in [5, 5.41) is 13.7. The average Bonchev–Trinajstić information content (AvgIpc) is 2.19. The Labute approximate surface area is 83.1 Å². The molecular weight excluding hydrogens is 180 g/mol. The first-order valence-corrected chi connectivity index (χ1v) is 4.48. The molecule has 0 atom stereocenters. The van der Waals surface area contributed by atoms with Crippen molar-refractivity contribution in [3.05, 3.63) is 46.9 Å². The summed E-state index contributed by atoms with van der Waals surface area (Å²) in [4.78, 5) is 10.3. The van der Waals surface area contributed by atoms with E-state index in [4.69, 9.17) is 0 Å². The normalized spacial score (nSPS) is 10.1. The number of rotatable bonds is 5. The number of hydrogen-bond donors (Lipinski definition) is 1. The molecule has 0 unspecified atom stereocenters. The van der Waals surface area contributed by atoms with E-state index < -0.39 is 0 Å². The van der Waals surface area contributed by atoms with Gasteiger partial charge in [0.05, 0.1) is 4.92 Å². The van der Waals surface area contributed by atoms with E-state index in [0.29, 0.717) is 12.1 Å². The highest BCUT2D eigenvalue weighted by Gasteiger charge is 2.10. The molecule has 0 aliphatic heterocycles. The predicted molar refractivity (Wildman–Crippen MR) is 54.8 cm³/mol. The van der Waals surface area contributed by atoms with Crippen LogP contribution in [0.2, 0.25) is 0 Å². The first-order chi connectivity index (χ1) is 6.75. The van der Waals surface area contributed by atoms with Crippen molar-refractivity contribution in [1.82, 2.24) is 5.32 Å². The lowest BCUT2D eigenvalue weighted by atomic mass is 10.2. The molecule has 1 radical (unpaired) electrons. The summed E-state index contributed by atoms with van der Waals surface area (Å²) in [7, 11) is 0. The van der Waals surface area contributed by atoms with Crippen LogP contribution >= 0.6 is 0 Å². The van der Waals surface area contributed by atoms with Gasteiger partial charge in [0, 0.05) is 18.2 Å². The molecule has 0 amide bonds. The molecule has 0 spiro atoms. The number of nitrogens with one attached hydrogen (secondary N) is 1. The minimum Gasteiger partial charge on any atom is -0.312 e. The van der Waals surface area contributed by atoms with Crippen molar-refractivity contribution in [3.8, 4) is 0 Å². The van der Waals surface area contributed by atoms with Crippen LogP contribution in [0.1, 0.15) is 12.0 Å². The van der Waals surface area contributed by atoms with E-state index in [1.165, 1.54) is 6.07 Å². The highest BCUT2D eigenvalue weighted by molar-refractivity contribution is 5.39. The Bertz CT molecular complexity index is 313. The maximum Gasteiger partial charge on any atom is 0.273 e. The van der Waals surface area contributed by atoms with Crippen LogP contribution in [0.15, 0.2) is 24.3 Å². The first-order valence-electron chi connectivity index (χ1n) is 4.48. The number of hydrogen-bond acceptors (Lipinski definition) is 3. The van der Waals surface area contributed by atoms with E-state index in [1.807, 2.05) is 0 Å². The van der Waals surface area contributed by atoms with Crippen LogP contribution in [-0.4, -0.2) is 11.5 Å². The van der Waals surface area contributed by atoms with Gasteiger partial charge in [0.2, 0.25) is 0 Å². The van der Waals surface area contributed by atoms with Crippen molar-refractivity contribution in [2.45, 2.75) is 13.0 Å². The monoisotopic (exact) mass is 193 g/mol. The summed E-state index contributed by atoms with van der Waals surface area (Å²) < 4.78 is 0. The van der Waals surface area contributed by atoms with E-state index in [2.05, 4.69) is 12.2 Å². The van der Waals surface area contributed by atoms with E-state index in [-0.39, 0.29) is 10.6 Å². The molecule has 0 bridgehead atoms. The molecule has 14 heavy (non-hydrogen) atoms. The molecule has 0 aliphatic rings. The van der Waals surface area contributed by atoms with Gasteiger partial charge in [0.25, 0.3) is 5.69 Å². The topological polar surface area (TPSA) is 55.2 Å². The number of para-hydroxylation sites is 1. The van der Waals surface area contributed by atoms with Crippen LogP contribution in [-0.2, 0) is 6.54 Å². The lowest BCUT2D eigenvalue weighted by Crippen LogP contribution is -2.14. The minimum atomic E-state index is -0.360. The molecular formula is C10H13N2O2. The van der Waals surface area contributed by atoms with Gasteiger partial charge in [0.1, 0.15) is 0 Å². The van der Waals surface area contributed by atoms with Crippen molar-refractivity contribution in [2.75, 3.05) is 6.54 Å². The molecule has 0 saturated heterocycles.